The van der Waals surface area contributed by atoms with Crippen molar-refractivity contribution in [3.8, 4) is 0 Å². The zero-order valence-corrected chi connectivity index (χ0v) is 19.4. The summed E-state index contributed by atoms with van der Waals surface area (Å²) in [6, 6.07) is 0. The summed E-state index contributed by atoms with van der Waals surface area (Å²) in [6.07, 6.45) is -3.95. The van der Waals surface area contributed by atoms with Gasteiger partial charge in [0.15, 0.2) is 11.7 Å². The summed E-state index contributed by atoms with van der Waals surface area (Å²) in [5.74, 6) is 1.09. The van der Waals surface area contributed by atoms with Gasteiger partial charge in [-0.05, 0) is 12.8 Å². The van der Waals surface area contributed by atoms with Crippen LogP contribution >= 0.6 is 35.3 Å². The number of nitrogens with one attached hydrogen (secondary N) is 2. The molecule has 1 aromatic rings. The predicted octanol–water partition coefficient (Wildman–Crippen LogP) is 2.85. The van der Waals surface area contributed by atoms with Crippen molar-refractivity contribution in [1.82, 2.24) is 20.5 Å². The van der Waals surface area contributed by atoms with Crippen molar-refractivity contribution in [1.29, 1.82) is 0 Å². The maximum absolute atomic E-state index is 12.6. The Bertz CT molecular complexity index is 594. The highest BCUT2D eigenvalue weighted by molar-refractivity contribution is 14.0. The highest BCUT2D eigenvalue weighted by Gasteiger charge is 2.33. The van der Waals surface area contributed by atoms with Gasteiger partial charge in [0.25, 0.3) is 0 Å². The molecule has 162 valence electrons. The average Bonchev–Trinajstić information content (AvgIpc) is 3.10. The first-order chi connectivity index (χ1) is 12.9. The summed E-state index contributed by atoms with van der Waals surface area (Å²) in [5.41, 5.74) is -0.819. The number of aromatic nitrogens is 1. The molecule has 0 aliphatic carbocycles. The number of rotatable bonds is 8. The maximum Gasteiger partial charge on any atom is 0.434 e. The van der Waals surface area contributed by atoms with E-state index in [1.807, 2.05) is 6.92 Å². The summed E-state index contributed by atoms with van der Waals surface area (Å²) >= 11 is 1.03. The van der Waals surface area contributed by atoms with Gasteiger partial charge in [-0.2, -0.15) is 13.2 Å². The molecule has 0 spiro atoms. The van der Waals surface area contributed by atoms with E-state index in [0.717, 1.165) is 56.1 Å². The van der Waals surface area contributed by atoms with Gasteiger partial charge in [0.05, 0.1) is 18.2 Å². The third kappa shape index (κ3) is 9.23. The molecule has 1 aromatic heterocycles. The standard InChI is InChI=1S/C17H28F3N5OS.HI/c1-3-21-16(23-10-13(2)11-25-6-8-26-9-7-25)22-5-4-15-24-14(12-27-15)17(18,19)20;/h12-13H,3-11H2,1-2H3,(H2,21,22,23);1H. The summed E-state index contributed by atoms with van der Waals surface area (Å²) < 4.78 is 43.1. The van der Waals surface area contributed by atoms with E-state index in [1.54, 1.807) is 0 Å². The van der Waals surface area contributed by atoms with Crippen molar-refractivity contribution in [2.75, 3.05) is 52.5 Å². The zero-order valence-electron chi connectivity index (χ0n) is 16.2. The van der Waals surface area contributed by atoms with E-state index in [-0.39, 0.29) is 24.0 Å². The third-order valence-corrected chi connectivity index (χ3v) is 4.96. The van der Waals surface area contributed by atoms with Gasteiger partial charge < -0.3 is 15.4 Å². The van der Waals surface area contributed by atoms with E-state index >= 15 is 0 Å². The lowest BCUT2D eigenvalue weighted by atomic mass is 10.1. The number of ether oxygens (including phenoxy) is 1. The number of hydrogen-bond acceptors (Lipinski definition) is 5. The van der Waals surface area contributed by atoms with Crippen LogP contribution in [0.4, 0.5) is 13.2 Å². The Morgan fingerprint density at radius 3 is 2.68 bits per heavy atom. The van der Waals surface area contributed by atoms with E-state index in [4.69, 9.17) is 4.74 Å². The molecular formula is C17H29F3IN5OS. The molecule has 11 heteroatoms. The number of thiazole rings is 1. The highest BCUT2D eigenvalue weighted by atomic mass is 127. The molecule has 0 bridgehead atoms. The molecule has 1 aliphatic rings. The molecule has 0 amide bonds. The van der Waals surface area contributed by atoms with Crippen molar-refractivity contribution in [2.24, 2.45) is 10.9 Å². The Morgan fingerprint density at radius 1 is 1.36 bits per heavy atom. The molecule has 1 saturated heterocycles. The first-order valence-corrected chi connectivity index (χ1v) is 10.1. The van der Waals surface area contributed by atoms with Crippen molar-refractivity contribution in [3.05, 3.63) is 16.1 Å². The SMILES string of the molecule is CCNC(=NCC(C)CN1CCOCC1)NCCc1nc(C(F)(F)F)cs1.I. The van der Waals surface area contributed by atoms with Crippen LogP contribution in [0.2, 0.25) is 0 Å². The molecule has 0 aromatic carbocycles. The fourth-order valence-electron chi connectivity index (χ4n) is 2.71. The molecule has 2 heterocycles. The number of aliphatic imine (C=N–C) groups is 1. The van der Waals surface area contributed by atoms with Crippen LogP contribution in [0.5, 0.6) is 0 Å². The quantitative estimate of drug-likeness (QED) is 0.305. The van der Waals surface area contributed by atoms with Crippen molar-refractivity contribution < 1.29 is 17.9 Å². The van der Waals surface area contributed by atoms with E-state index in [1.165, 1.54) is 0 Å². The number of morpholine rings is 1. The molecular weight excluding hydrogens is 506 g/mol. The van der Waals surface area contributed by atoms with E-state index in [9.17, 15) is 13.2 Å². The Morgan fingerprint density at radius 2 is 2.07 bits per heavy atom. The summed E-state index contributed by atoms with van der Waals surface area (Å²) in [6.45, 7) is 10.5. The summed E-state index contributed by atoms with van der Waals surface area (Å²) in [5, 5.41) is 7.85. The van der Waals surface area contributed by atoms with Crippen LogP contribution in [-0.2, 0) is 17.3 Å². The minimum Gasteiger partial charge on any atom is -0.379 e. The minimum atomic E-state index is -4.38. The average molecular weight is 535 g/mol. The molecule has 2 N–H and O–H groups in total. The van der Waals surface area contributed by atoms with Crippen molar-refractivity contribution in [3.63, 3.8) is 0 Å². The van der Waals surface area contributed by atoms with Gasteiger partial charge in [-0.25, -0.2) is 4.98 Å². The summed E-state index contributed by atoms with van der Waals surface area (Å²) in [7, 11) is 0. The number of halogens is 4. The number of guanidine groups is 1. The monoisotopic (exact) mass is 535 g/mol. The van der Waals surface area contributed by atoms with E-state index in [0.29, 0.717) is 36.4 Å². The highest BCUT2D eigenvalue weighted by Crippen LogP contribution is 2.29. The van der Waals surface area contributed by atoms with Crippen LogP contribution in [0.3, 0.4) is 0 Å². The Balaban J connectivity index is 0.00000392. The molecule has 28 heavy (non-hydrogen) atoms. The van der Waals surface area contributed by atoms with Crippen LogP contribution in [0, 0.1) is 5.92 Å². The Kier molecular flexibility index (Phi) is 11.6. The third-order valence-electron chi connectivity index (χ3n) is 4.05. The number of nitrogens with zero attached hydrogens (tertiary/aromatic N) is 3. The van der Waals surface area contributed by atoms with Gasteiger partial charge in [0.1, 0.15) is 0 Å². The van der Waals surface area contributed by atoms with Crippen molar-refractivity contribution >= 4 is 41.3 Å². The lowest BCUT2D eigenvalue weighted by Gasteiger charge is -2.28. The predicted molar refractivity (Wildman–Crippen MR) is 117 cm³/mol. The van der Waals surface area contributed by atoms with Crippen LogP contribution in [-0.4, -0.2) is 68.3 Å². The molecule has 0 saturated carbocycles. The van der Waals surface area contributed by atoms with Gasteiger partial charge in [-0.1, -0.05) is 6.92 Å². The molecule has 6 nitrogen and oxygen atoms in total. The molecule has 2 rings (SSSR count). The van der Waals surface area contributed by atoms with Crippen LogP contribution in [0.15, 0.2) is 10.4 Å². The Labute approximate surface area is 185 Å². The lowest BCUT2D eigenvalue weighted by molar-refractivity contribution is -0.140. The Hall–Kier alpha value is -0.660. The van der Waals surface area contributed by atoms with Crippen LogP contribution in [0.1, 0.15) is 24.5 Å². The van der Waals surface area contributed by atoms with Gasteiger partial charge >= 0.3 is 6.18 Å². The zero-order chi connectivity index (χ0) is 19.7. The smallest absolute Gasteiger partial charge is 0.379 e. The van der Waals surface area contributed by atoms with E-state index < -0.39 is 11.9 Å². The second-order valence-corrected chi connectivity index (χ2v) is 7.48. The molecule has 1 unspecified atom stereocenters. The topological polar surface area (TPSA) is 61.8 Å². The molecule has 1 fully saturated rings. The number of hydrogen-bond donors (Lipinski definition) is 2. The van der Waals surface area contributed by atoms with Gasteiger partial charge in [-0.15, -0.1) is 35.3 Å². The first-order valence-electron chi connectivity index (χ1n) is 9.22. The fourth-order valence-corrected chi connectivity index (χ4v) is 3.52. The second kappa shape index (κ2) is 12.8. The van der Waals surface area contributed by atoms with Crippen molar-refractivity contribution in [2.45, 2.75) is 26.4 Å². The maximum atomic E-state index is 12.6. The normalized spacial score (nSPS) is 17.1. The molecule has 1 aliphatic heterocycles. The van der Waals surface area contributed by atoms with E-state index in [2.05, 4.69) is 32.4 Å². The van der Waals surface area contributed by atoms with Crippen LogP contribution < -0.4 is 10.6 Å². The van der Waals surface area contributed by atoms with Gasteiger partial charge in [-0.3, -0.25) is 9.89 Å². The fraction of sp³-hybridized carbons (Fsp3) is 0.765. The largest absolute Gasteiger partial charge is 0.434 e. The van der Waals surface area contributed by atoms with Gasteiger partial charge in [0.2, 0.25) is 0 Å². The molecule has 0 radical (unpaired) electrons. The molecule has 1 atom stereocenters. The first kappa shape index (κ1) is 25.4. The number of alkyl halides is 3. The lowest BCUT2D eigenvalue weighted by Crippen LogP contribution is -2.40. The van der Waals surface area contributed by atoms with Crippen LogP contribution in [0.25, 0.3) is 0 Å². The summed E-state index contributed by atoms with van der Waals surface area (Å²) in [4.78, 5) is 10.6. The minimum absolute atomic E-state index is 0. The second-order valence-electron chi connectivity index (χ2n) is 6.54. The van der Waals surface area contributed by atoms with Gasteiger partial charge in [0, 0.05) is 51.1 Å².